The summed E-state index contributed by atoms with van der Waals surface area (Å²) in [5.74, 6) is -2.27. The first-order valence-corrected chi connectivity index (χ1v) is 9.90. The molecule has 29 heavy (non-hydrogen) atoms. The van der Waals surface area contributed by atoms with E-state index in [2.05, 4.69) is 0 Å². The van der Waals surface area contributed by atoms with Crippen molar-refractivity contribution in [1.29, 1.82) is 10.7 Å². The predicted octanol–water partition coefficient (Wildman–Crippen LogP) is 4.17. The first kappa shape index (κ1) is 23.8. The number of amides is 1. The van der Waals surface area contributed by atoms with Crippen LogP contribution in [-0.4, -0.2) is 40.7 Å². The summed E-state index contributed by atoms with van der Waals surface area (Å²) in [6, 6.07) is 11.3. The van der Waals surface area contributed by atoms with Gasteiger partial charge in [0, 0.05) is 19.0 Å². The molecule has 1 heterocycles. The summed E-state index contributed by atoms with van der Waals surface area (Å²) in [6.07, 6.45) is 5.73. The summed E-state index contributed by atoms with van der Waals surface area (Å²) in [5, 5.41) is 26.7. The molecule has 1 fully saturated rings. The minimum absolute atomic E-state index is 0.0631. The van der Waals surface area contributed by atoms with Gasteiger partial charge in [-0.15, -0.1) is 0 Å². The Bertz CT molecular complexity index is 806. The number of rotatable bonds is 6. The zero-order chi connectivity index (χ0) is 21.8. The van der Waals surface area contributed by atoms with Gasteiger partial charge in [0.15, 0.2) is 0 Å². The van der Waals surface area contributed by atoms with Gasteiger partial charge < -0.3 is 15.4 Å². The van der Waals surface area contributed by atoms with Gasteiger partial charge in [-0.25, -0.2) is 0 Å². The Kier molecular flexibility index (Phi) is 10.1. The molecule has 1 aromatic rings. The summed E-state index contributed by atoms with van der Waals surface area (Å²) in [5.41, 5.74) is 0.883. The Balaban J connectivity index is 0.00000204. The third kappa shape index (κ3) is 7.04. The second-order valence-corrected chi connectivity index (χ2v) is 6.52. The molecule has 2 atom stereocenters. The van der Waals surface area contributed by atoms with E-state index in [1.165, 1.54) is 17.1 Å². The molecule has 1 aliphatic heterocycles. The number of hydrogen-bond donors (Lipinski definition) is 2. The van der Waals surface area contributed by atoms with E-state index in [1.807, 2.05) is 57.2 Å². The van der Waals surface area contributed by atoms with Crippen molar-refractivity contribution in [3.63, 3.8) is 0 Å². The Morgan fingerprint density at radius 1 is 1.28 bits per heavy atom. The SMILES string of the molecule is CC.CC/C=C\C(=N)/C=C(\C#N)C(=O)N1CC(C(=O)O)CC(c2ccccc2)C1. The standard InChI is InChI=1S/C21H23N3O3.C2H6/c1-2-3-9-19(23)11-16(12-22)20(25)24-13-17(10-18(14-24)21(26)27)15-7-5-4-6-8-15;1-2/h3-9,11,17-18,23H,2,10,13-14H2,1H3,(H,26,27);1-2H3/b9-3-,16-11+,23-19?;. The van der Waals surface area contributed by atoms with E-state index < -0.39 is 17.8 Å². The van der Waals surface area contributed by atoms with Crippen LogP contribution in [0.15, 0.2) is 54.1 Å². The minimum atomic E-state index is -0.949. The van der Waals surface area contributed by atoms with Crippen LogP contribution in [0.5, 0.6) is 0 Å². The number of carbonyl (C=O) groups is 2. The second-order valence-electron chi connectivity index (χ2n) is 6.52. The fourth-order valence-corrected chi connectivity index (χ4v) is 3.17. The molecule has 0 radical (unpaired) electrons. The Hall–Kier alpha value is -3.20. The van der Waals surface area contributed by atoms with E-state index in [0.717, 1.165) is 12.0 Å². The summed E-state index contributed by atoms with van der Waals surface area (Å²) in [6.45, 7) is 6.34. The minimum Gasteiger partial charge on any atom is -0.481 e. The van der Waals surface area contributed by atoms with Gasteiger partial charge in [0.25, 0.3) is 5.91 Å². The van der Waals surface area contributed by atoms with Crippen molar-refractivity contribution in [3.8, 4) is 6.07 Å². The molecule has 0 bridgehead atoms. The highest BCUT2D eigenvalue weighted by Gasteiger charge is 2.35. The molecule has 2 unspecified atom stereocenters. The van der Waals surface area contributed by atoms with Gasteiger partial charge >= 0.3 is 5.97 Å². The van der Waals surface area contributed by atoms with Crippen molar-refractivity contribution in [2.75, 3.05) is 13.1 Å². The molecule has 154 valence electrons. The lowest BCUT2D eigenvalue weighted by atomic mass is 9.84. The van der Waals surface area contributed by atoms with Gasteiger partial charge in [-0.2, -0.15) is 5.26 Å². The van der Waals surface area contributed by atoms with Crippen LogP contribution in [0.4, 0.5) is 0 Å². The Labute approximate surface area is 172 Å². The summed E-state index contributed by atoms with van der Waals surface area (Å²) < 4.78 is 0. The van der Waals surface area contributed by atoms with E-state index in [0.29, 0.717) is 13.0 Å². The molecule has 1 amide bonds. The topological polar surface area (TPSA) is 105 Å². The van der Waals surface area contributed by atoms with Crippen LogP contribution in [0.2, 0.25) is 0 Å². The molecule has 2 rings (SSSR count). The van der Waals surface area contributed by atoms with Gasteiger partial charge in [0.1, 0.15) is 11.6 Å². The third-order valence-electron chi connectivity index (χ3n) is 4.54. The van der Waals surface area contributed by atoms with Gasteiger partial charge in [0.2, 0.25) is 0 Å². The molecule has 0 aromatic heterocycles. The van der Waals surface area contributed by atoms with E-state index in [9.17, 15) is 20.0 Å². The highest BCUT2D eigenvalue weighted by Crippen LogP contribution is 2.31. The van der Waals surface area contributed by atoms with Crippen LogP contribution in [0, 0.1) is 22.7 Å². The Morgan fingerprint density at radius 3 is 2.48 bits per heavy atom. The average Bonchev–Trinajstić information content (AvgIpc) is 2.77. The number of carboxylic acids is 1. The van der Waals surface area contributed by atoms with Crippen molar-refractivity contribution < 1.29 is 14.7 Å². The summed E-state index contributed by atoms with van der Waals surface area (Å²) in [7, 11) is 0. The van der Waals surface area contributed by atoms with Crippen molar-refractivity contribution >= 4 is 17.6 Å². The Morgan fingerprint density at radius 2 is 1.93 bits per heavy atom. The number of benzene rings is 1. The normalized spacial score (nSPS) is 19.1. The smallest absolute Gasteiger partial charge is 0.308 e. The van der Waals surface area contributed by atoms with Crippen molar-refractivity contribution in [2.24, 2.45) is 5.92 Å². The molecule has 0 saturated carbocycles. The van der Waals surface area contributed by atoms with Crippen molar-refractivity contribution in [2.45, 2.75) is 39.5 Å². The molecular formula is C23H29N3O3. The molecule has 1 aromatic carbocycles. The molecule has 0 aliphatic carbocycles. The summed E-state index contributed by atoms with van der Waals surface area (Å²) in [4.78, 5) is 25.8. The van der Waals surface area contributed by atoms with Crippen molar-refractivity contribution in [1.82, 2.24) is 4.90 Å². The maximum Gasteiger partial charge on any atom is 0.308 e. The fraction of sp³-hybridized carbons (Fsp3) is 0.391. The number of allylic oxidation sites excluding steroid dienone is 3. The number of piperidine rings is 1. The van der Waals surface area contributed by atoms with Crippen molar-refractivity contribution in [3.05, 3.63) is 59.7 Å². The maximum absolute atomic E-state index is 12.8. The van der Waals surface area contributed by atoms with Gasteiger partial charge in [-0.05, 0) is 30.6 Å². The quantitative estimate of drug-likeness (QED) is 0.428. The lowest BCUT2D eigenvalue weighted by molar-refractivity contribution is -0.145. The first-order chi connectivity index (χ1) is 14.0. The highest BCUT2D eigenvalue weighted by atomic mass is 16.4. The van der Waals surface area contributed by atoms with Gasteiger partial charge in [-0.1, -0.05) is 57.2 Å². The molecule has 1 aliphatic rings. The van der Waals surface area contributed by atoms with Gasteiger partial charge in [-0.3, -0.25) is 9.59 Å². The third-order valence-corrected chi connectivity index (χ3v) is 4.54. The van der Waals surface area contributed by atoms with E-state index >= 15 is 0 Å². The number of hydrogen-bond acceptors (Lipinski definition) is 4. The molecule has 6 heteroatoms. The van der Waals surface area contributed by atoms with Crippen LogP contribution in [0.3, 0.4) is 0 Å². The van der Waals surface area contributed by atoms with Crippen LogP contribution < -0.4 is 0 Å². The molecule has 6 nitrogen and oxygen atoms in total. The molecular weight excluding hydrogens is 366 g/mol. The number of nitrogens with zero attached hydrogens (tertiary/aromatic N) is 2. The number of nitriles is 1. The zero-order valence-electron chi connectivity index (χ0n) is 17.3. The van der Waals surface area contributed by atoms with Gasteiger partial charge in [0.05, 0.1) is 11.6 Å². The van der Waals surface area contributed by atoms with E-state index in [1.54, 1.807) is 6.08 Å². The number of carboxylic acid groups (broad SMARTS) is 1. The number of nitrogens with one attached hydrogen (secondary N) is 1. The van der Waals surface area contributed by atoms with E-state index in [-0.39, 0.29) is 23.7 Å². The predicted molar refractivity (Wildman–Crippen MR) is 114 cm³/mol. The number of aliphatic carboxylic acids is 1. The molecule has 0 spiro atoms. The number of carbonyl (C=O) groups excluding carboxylic acids is 1. The lowest BCUT2D eigenvalue weighted by Gasteiger charge is -2.36. The monoisotopic (exact) mass is 395 g/mol. The van der Waals surface area contributed by atoms with E-state index in [4.69, 9.17) is 5.41 Å². The zero-order valence-corrected chi connectivity index (χ0v) is 17.3. The second kappa shape index (κ2) is 12.3. The summed E-state index contributed by atoms with van der Waals surface area (Å²) >= 11 is 0. The highest BCUT2D eigenvalue weighted by molar-refractivity contribution is 6.09. The molecule has 2 N–H and O–H groups in total. The average molecular weight is 396 g/mol. The maximum atomic E-state index is 12.8. The van der Waals surface area contributed by atoms with Crippen LogP contribution >= 0.6 is 0 Å². The fourth-order valence-electron chi connectivity index (χ4n) is 3.17. The molecule has 1 saturated heterocycles. The first-order valence-electron chi connectivity index (χ1n) is 9.90. The van der Waals surface area contributed by atoms with Crippen LogP contribution in [-0.2, 0) is 9.59 Å². The van der Waals surface area contributed by atoms with Crippen LogP contribution in [0.1, 0.15) is 45.1 Å². The van der Waals surface area contributed by atoms with Crippen LogP contribution in [0.25, 0.3) is 0 Å². The largest absolute Gasteiger partial charge is 0.481 e. The number of likely N-dealkylation sites (tertiary alicyclic amines) is 1. The lowest BCUT2D eigenvalue weighted by Crippen LogP contribution is -2.46.